The number of ether oxygens (including phenoxy) is 1. The Morgan fingerprint density at radius 2 is 1.73 bits per heavy atom. The van der Waals surface area contributed by atoms with Crippen LogP contribution in [0.4, 0.5) is 0 Å². The summed E-state index contributed by atoms with van der Waals surface area (Å²) in [5.74, 6) is -1.76. The van der Waals surface area contributed by atoms with Gasteiger partial charge in [0.25, 0.3) is 0 Å². The maximum Gasteiger partial charge on any atom is 0.414 e. The van der Waals surface area contributed by atoms with Crippen molar-refractivity contribution in [3.63, 3.8) is 0 Å². The molecule has 1 fully saturated rings. The van der Waals surface area contributed by atoms with Crippen LogP contribution in [0.1, 0.15) is 39.0 Å². The van der Waals surface area contributed by atoms with Crippen molar-refractivity contribution >= 4 is 27.9 Å². The number of unbranched alkanes of at least 4 members (excludes halogenated alkanes) is 2. The summed E-state index contributed by atoms with van der Waals surface area (Å²) in [4.78, 5) is 20.8. The normalized spacial score (nSPS) is 15.0. The van der Waals surface area contributed by atoms with Gasteiger partial charge in [-0.3, -0.25) is 0 Å². The van der Waals surface area contributed by atoms with Gasteiger partial charge in [0.05, 0.1) is 11.1 Å². The maximum absolute atomic E-state index is 9.10. The van der Waals surface area contributed by atoms with E-state index in [-0.39, 0.29) is 0 Å². The molecule has 0 amide bonds. The third kappa shape index (κ3) is 9.77. The summed E-state index contributed by atoms with van der Waals surface area (Å²) in [5, 5.41) is 14.8. The highest BCUT2D eigenvalue weighted by molar-refractivity contribution is 9.10. The van der Waals surface area contributed by atoms with Gasteiger partial charge < -0.3 is 19.8 Å². The lowest BCUT2D eigenvalue weighted by atomic mass is 9.99. The van der Waals surface area contributed by atoms with Crippen molar-refractivity contribution < 1.29 is 24.5 Å². The molecule has 1 aromatic rings. The number of carboxylic acids is 2. The number of rotatable bonds is 7. The second-order valence-corrected chi connectivity index (χ2v) is 7.33. The van der Waals surface area contributed by atoms with Crippen molar-refractivity contribution in [2.24, 2.45) is 5.92 Å². The molecule has 0 unspecified atom stereocenters. The highest BCUT2D eigenvalue weighted by atomic mass is 79.9. The largest absolute Gasteiger partial charge is 0.492 e. The van der Waals surface area contributed by atoms with E-state index < -0.39 is 11.9 Å². The van der Waals surface area contributed by atoms with Crippen molar-refractivity contribution in [2.45, 2.75) is 39.0 Å². The summed E-state index contributed by atoms with van der Waals surface area (Å²) in [6.07, 6.45) is 6.46. The van der Waals surface area contributed by atoms with Gasteiger partial charge in [-0.15, -0.1) is 0 Å². The summed E-state index contributed by atoms with van der Waals surface area (Å²) in [6, 6.07) is 8.06. The zero-order chi connectivity index (χ0) is 19.4. The van der Waals surface area contributed by atoms with Gasteiger partial charge in [0.1, 0.15) is 5.75 Å². The van der Waals surface area contributed by atoms with Gasteiger partial charge in [-0.25, -0.2) is 9.59 Å². The van der Waals surface area contributed by atoms with Crippen molar-refractivity contribution in [1.82, 2.24) is 4.90 Å². The van der Waals surface area contributed by atoms with Gasteiger partial charge in [0.15, 0.2) is 0 Å². The van der Waals surface area contributed by atoms with Crippen LogP contribution in [0, 0.1) is 5.92 Å². The summed E-state index contributed by atoms with van der Waals surface area (Å²) in [5.41, 5.74) is 0. The van der Waals surface area contributed by atoms with Crippen LogP contribution in [0.5, 0.6) is 5.75 Å². The van der Waals surface area contributed by atoms with E-state index in [2.05, 4.69) is 27.8 Å². The van der Waals surface area contributed by atoms with E-state index in [1.165, 1.54) is 45.3 Å². The highest BCUT2D eigenvalue weighted by Gasteiger charge is 2.14. The molecule has 6 nitrogen and oxygen atoms in total. The Balaban J connectivity index is 0.000000487. The Labute approximate surface area is 163 Å². The number of para-hydroxylation sites is 1. The van der Waals surface area contributed by atoms with Crippen LogP contribution in [-0.2, 0) is 9.59 Å². The molecule has 0 radical (unpaired) electrons. The molecule has 1 heterocycles. The van der Waals surface area contributed by atoms with Crippen molar-refractivity contribution in [3.8, 4) is 5.75 Å². The molecule has 0 aromatic heterocycles. The molecular weight excluding hydrogens is 402 g/mol. The molecule has 1 aromatic carbocycles. The summed E-state index contributed by atoms with van der Waals surface area (Å²) >= 11 is 3.50. The Morgan fingerprint density at radius 3 is 2.31 bits per heavy atom. The predicted molar refractivity (Wildman–Crippen MR) is 104 cm³/mol. The van der Waals surface area contributed by atoms with Gasteiger partial charge in [0, 0.05) is 0 Å². The van der Waals surface area contributed by atoms with Gasteiger partial charge >= 0.3 is 11.9 Å². The summed E-state index contributed by atoms with van der Waals surface area (Å²) < 4.78 is 6.83. The molecule has 26 heavy (non-hydrogen) atoms. The molecule has 146 valence electrons. The smallest absolute Gasteiger partial charge is 0.414 e. The van der Waals surface area contributed by atoms with Crippen molar-refractivity contribution in [3.05, 3.63) is 28.7 Å². The Kier molecular flexibility index (Phi) is 11.0. The van der Waals surface area contributed by atoms with Gasteiger partial charge in [0.2, 0.25) is 0 Å². The minimum atomic E-state index is -1.82. The van der Waals surface area contributed by atoms with E-state index in [0.717, 1.165) is 29.2 Å². The third-order valence-electron chi connectivity index (χ3n) is 4.27. The second-order valence-electron chi connectivity index (χ2n) is 6.47. The highest BCUT2D eigenvalue weighted by Crippen LogP contribution is 2.24. The number of benzene rings is 1. The fraction of sp³-hybridized carbons (Fsp3) is 0.579. The number of likely N-dealkylation sites (tertiary alicyclic amines) is 1. The molecule has 0 saturated carbocycles. The molecule has 1 aliphatic heterocycles. The zero-order valence-corrected chi connectivity index (χ0v) is 16.8. The molecule has 0 bridgehead atoms. The van der Waals surface area contributed by atoms with Gasteiger partial charge in [-0.05, 0) is 85.7 Å². The Hall–Kier alpha value is -1.60. The summed E-state index contributed by atoms with van der Waals surface area (Å²) in [7, 11) is 0. The molecule has 2 N–H and O–H groups in total. The fourth-order valence-corrected chi connectivity index (χ4v) is 3.04. The molecule has 0 atom stereocenters. The van der Waals surface area contributed by atoms with Crippen molar-refractivity contribution in [1.29, 1.82) is 0 Å². The first kappa shape index (κ1) is 22.4. The van der Waals surface area contributed by atoms with Crippen LogP contribution in [-0.4, -0.2) is 53.3 Å². The standard InChI is InChI=1S/C17H26BrNO.C2H2O4/c1-15-9-12-19(13-10-15)11-5-2-6-14-20-17-8-4-3-7-16(17)18;3-1(4)2(5)6/h3-4,7-8,15H,2,5-6,9-14H2,1H3;(H,3,4)(H,5,6). The molecule has 7 heteroatoms. The van der Waals surface area contributed by atoms with E-state index in [0.29, 0.717) is 0 Å². The van der Waals surface area contributed by atoms with E-state index in [1.54, 1.807) is 0 Å². The SMILES string of the molecule is CC1CCN(CCCCCOc2ccccc2Br)CC1.O=C(O)C(=O)O. The third-order valence-corrected chi connectivity index (χ3v) is 4.93. The topological polar surface area (TPSA) is 87.1 Å². The first-order valence-corrected chi connectivity index (χ1v) is 9.75. The Morgan fingerprint density at radius 1 is 1.12 bits per heavy atom. The number of piperidine rings is 1. The number of carboxylic acid groups (broad SMARTS) is 2. The van der Waals surface area contributed by atoms with Gasteiger partial charge in [-0.2, -0.15) is 0 Å². The minimum absolute atomic E-state index is 0.819. The number of halogens is 1. The molecule has 2 rings (SSSR count). The van der Waals surface area contributed by atoms with Crippen molar-refractivity contribution in [2.75, 3.05) is 26.2 Å². The van der Waals surface area contributed by atoms with Crippen LogP contribution >= 0.6 is 15.9 Å². The van der Waals surface area contributed by atoms with E-state index in [9.17, 15) is 0 Å². The van der Waals surface area contributed by atoms with E-state index in [4.69, 9.17) is 24.5 Å². The second kappa shape index (κ2) is 12.7. The minimum Gasteiger partial charge on any atom is -0.492 e. The quantitative estimate of drug-likeness (QED) is 0.504. The van der Waals surface area contributed by atoms with Crippen LogP contribution < -0.4 is 4.74 Å². The number of aliphatic carboxylic acids is 2. The summed E-state index contributed by atoms with van der Waals surface area (Å²) in [6.45, 7) is 7.06. The average molecular weight is 430 g/mol. The fourth-order valence-electron chi connectivity index (χ4n) is 2.64. The Bertz CT molecular complexity index is 547. The van der Waals surface area contributed by atoms with E-state index in [1.807, 2.05) is 24.3 Å². The van der Waals surface area contributed by atoms with Crippen LogP contribution in [0.25, 0.3) is 0 Å². The van der Waals surface area contributed by atoms with Crippen LogP contribution in [0.2, 0.25) is 0 Å². The number of carbonyl (C=O) groups is 2. The molecule has 0 spiro atoms. The molecular formula is C19H28BrNO5. The average Bonchev–Trinajstić information content (AvgIpc) is 2.61. The van der Waals surface area contributed by atoms with Crippen LogP contribution in [0.15, 0.2) is 28.7 Å². The predicted octanol–water partition coefficient (Wildman–Crippen LogP) is 3.89. The lowest BCUT2D eigenvalue weighted by Gasteiger charge is -2.30. The van der Waals surface area contributed by atoms with Gasteiger partial charge in [-0.1, -0.05) is 19.1 Å². The maximum atomic E-state index is 9.10. The molecule has 0 aliphatic carbocycles. The zero-order valence-electron chi connectivity index (χ0n) is 15.2. The number of nitrogens with zero attached hydrogens (tertiary/aromatic N) is 1. The number of hydrogen-bond donors (Lipinski definition) is 2. The first-order valence-electron chi connectivity index (χ1n) is 8.96. The monoisotopic (exact) mass is 429 g/mol. The van der Waals surface area contributed by atoms with Crippen LogP contribution in [0.3, 0.4) is 0 Å². The molecule has 1 saturated heterocycles. The molecule has 1 aliphatic rings. The van der Waals surface area contributed by atoms with E-state index >= 15 is 0 Å². The first-order chi connectivity index (χ1) is 12.4. The number of hydrogen-bond acceptors (Lipinski definition) is 4. The lowest BCUT2D eigenvalue weighted by Crippen LogP contribution is -2.33. The lowest BCUT2D eigenvalue weighted by molar-refractivity contribution is -0.159.